The molecule has 164 valence electrons. The average molecular weight is 456 g/mol. The van der Waals surface area contributed by atoms with Crippen LogP contribution in [0.15, 0.2) is 52.4 Å². The lowest BCUT2D eigenvalue weighted by Crippen LogP contribution is -2.36. The topological polar surface area (TPSA) is 104 Å². The molecule has 1 aliphatic heterocycles. The van der Waals surface area contributed by atoms with Gasteiger partial charge in [0.2, 0.25) is 11.8 Å². The molecule has 2 aromatic carbocycles. The number of hydrogen-bond donors (Lipinski definition) is 3. The van der Waals surface area contributed by atoms with Gasteiger partial charge in [-0.3, -0.25) is 14.4 Å². The van der Waals surface area contributed by atoms with Gasteiger partial charge in [0.25, 0.3) is 5.56 Å². The number of aryl methyl sites for hydroxylation is 1. The second-order valence-corrected chi connectivity index (χ2v) is 8.27. The molecule has 0 bridgehead atoms. The summed E-state index contributed by atoms with van der Waals surface area (Å²) in [5, 5.41) is 5.39. The lowest BCUT2D eigenvalue weighted by atomic mass is 9.92. The Morgan fingerprint density at radius 1 is 1.16 bits per heavy atom. The Morgan fingerprint density at radius 2 is 1.88 bits per heavy atom. The van der Waals surface area contributed by atoms with Crippen molar-refractivity contribution in [1.82, 2.24) is 9.97 Å². The van der Waals surface area contributed by atoms with Gasteiger partial charge in [-0.1, -0.05) is 30.0 Å². The molecule has 0 unspecified atom stereocenters. The number of nitrogens with one attached hydrogen (secondary N) is 3. The third-order valence-electron chi connectivity index (χ3n) is 4.99. The Kier molecular flexibility index (Phi) is 6.04. The SMILES string of the molecule is Cc1ccc(F)cc1NC(=O)[C@@H]1CC(=O)Nc2nc(SCc3ccc(F)cc3)[nH]c(=O)c21. The predicted octanol–water partition coefficient (Wildman–Crippen LogP) is 3.71. The number of fused-ring (bicyclic) bond motifs is 1. The maximum atomic E-state index is 13.6. The molecular formula is C22H18F2N4O3S. The van der Waals surface area contributed by atoms with Crippen molar-refractivity contribution in [3.05, 3.63) is 81.1 Å². The molecule has 3 N–H and O–H groups in total. The Balaban J connectivity index is 1.58. The first-order valence-corrected chi connectivity index (χ1v) is 10.7. The van der Waals surface area contributed by atoms with E-state index < -0.39 is 29.1 Å². The molecule has 4 rings (SSSR count). The molecule has 7 nitrogen and oxygen atoms in total. The van der Waals surface area contributed by atoms with Crippen molar-refractivity contribution in [1.29, 1.82) is 0 Å². The molecular weight excluding hydrogens is 438 g/mol. The number of H-pyrrole nitrogens is 1. The van der Waals surface area contributed by atoms with Crippen LogP contribution in [-0.4, -0.2) is 21.8 Å². The molecule has 2 amide bonds. The van der Waals surface area contributed by atoms with Crippen LogP contribution in [0.5, 0.6) is 0 Å². The van der Waals surface area contributed by atoms with Gasteiger partial charge in [-0.25, -0.2) is 13.8 Å². The van der Waals surface area contributed by atoms with Crippen LogP contribution in [0.1, 0.15) is 29.0 Å². The normalized spacial score (nSPS) is 15.1. The number of benzene rings is 2. The Bertz CT molecular complexity index is 1260. The van der Waals surface area contributed by atoms with Crippen molar-refractivity contribution in [2.24, 2.45) is 0 Å². The first-order valence-electron chi connectivity index (χ1n) is 9.68. The van der Waals surface area contributed by atoms with E-state index in [0.29, 0.717) is 11.3 Å². The van der Waals surface area contributed by atoms with Crippen LogP contribution in [0.3, 0.4) is 0 Å². The summed E-state index contributed by atoms with van der Waals surface area (Å²) in [6.45, 7) is 1.70. The van der Waals surface area contributed by atoms with Crippen LogP contribution < -0.4 is 16.2 Å². The van der Waals surface area contributed by atoms with Gasteiger partial charge in [-0.2, -0.15) is 0 Å². The number of hydrogen-bond acceptors (Lipinski definition) is 5. The Morgan fingerprint density at radius 3 is 2.62 bits per heavy atom. The van der Waals surface area contributed by atoms with E-state index >= 15 is 0 Å². The molecule has 10 heteroatoms. The first-order chi connectivity index (χ1) is 15.3. The number of anilines is 2. The van der Waals surface area contributed by atoms with Crippen molar-refractivity contribution >= 4 is 35.1 Å². The van der Waals surface area contributed by atoms with E-state index in [4.69, 9.17) is 0 Å². The number of thioether (sulfide) groups is 1. The van der Waals surface area contributed by atoms with Gasteiger partial charge in [0.15, 0.2) is 5.16 Å². The van der Waals surface area contributed by atoms with Crippen LogP contribution in [0.25, 0.3) is 0 Å². The summed E-state index contributed by atoms with van der Waals surface area (Å²) in [5.41, 5.74) is 1.22. The molecule has 32 heavy (non-hydrogen) atoms. The number of nitrogens with zero attached hydrogens (tertiary/aromatic N) is 1. The van der Waals surface area contributed by atoms with Crippen molar-refractivity contribution < 1.29 is 18.4 Å². The second kappa shape index (κ2) is 8.91. The lowest BCUT2D eigenvalue weighted by Gasteiger charge is -2.23. The molecule has 2 heterocycles. The van der Waals surface area contributed by atoms with Gasteiger partial charge in [-0.15, -0.1) is 0 Å². The summed E-state index contributed by atoms with van der Waals surface area (Å²) in [5.74, 6) is -2.57. The van der Waals surface area contributed by atoms with E-state index in [-0.39, 0.29) is 34.5 Å². The molecule has 3 aromatic rings. The summed E-state index contributed by atoms with van der Waals surface area (Å²) in [6, 6.07) is 9.88. The summed E-state index contributed by atoms with van der Waals surface area (Å²) in [4.78, 5) is 44.8. The number of carbonyl (C=O) groups is 2. The van der Waals surface area contributed by atoms with Gasteiger partial charge < -0.3 is 15.6 Å². The molecule has 1 aliphatic rings. The largest absolute Gasteiger partial charge is 0.325 e. The zero-order valence-corrected chi connectivity index (χ0v) is 17.7. The van der Waals surface area contributed by atoms with E-state index in [1.165, 1.54) is 42.1 Å². The minimum absolute atomic E-state index is 0.0164. The predicted molar refractivity (Wildman–Crippen MR) is 117 cm³/mol. The van der Waals surface area contributed by atoms with Crippen molar-refractivity contribution in [3.8, 4) is 0 Å². The number of aromatic amines is 1. The van der Waals surface area contributed by atoms with Gasteiger partial charge in [-0.05, 0) is 42.3 Å². The fourth-order valence-corrected chi connectivity index (χ4v) is 4.14. The van der Waals surface area contributed by atoms with Crippen LogP contribution >= 0.6 is 11.8 Å². The van der Waals surface area contributed by atoms with E-state index in [1.807, 2.05) is 0 Å². The zero-order valence-electron chi connectivity index (χ0n) is 16.9. The zero-order chi connectivity index (χ0) is 22.8. The fourth-order valence-electron chi connectivity index (χ4n) is 3.32. The van der Waals surface area contributed by atoms with Gasteiger partial charge in [0.1, 0.15) is 17.5 Å². The van der Waals surface area contributed by atoms with Crippen molar-refractivity contribution in [2.75, 3.05) is 10.6 Å². The minimum atomic E-state index is -1.08. The molecule has 0 saturated carbocycles. The molecule has 1 atom stereocenters. The molecule has 0 spiro atoms. The number of halogens is 2. The Labute approximate surface area is 185 Å². The minimum Gasteiger partial charge on any atom is -0.325 e. The van der Waals surface area contributed by atoms with Crippen LogP contribution in [0.2, 0.25) is 0 Å². The maximum Gasteiger partial charge on any atom is 0.257 e. The molecule has 0 saturated heterocycles. The van der Waals surface area contributed by atoms with E-state index in [9.17, 15) is 23.2 Å². The monoisotopic (exact) mass is 456 g/mol. The summed E-state index contributed by atoms with van der Waals surface area (Å²) in [6.07, 6.45) is -0.236. The smallest absolute Gasteiger partial charge is 0.257 e. The standard InChI is InChI=1S/C22H18F2N4O3S/c1-11-2-5-14(24)8-16(11)25-20(30)15-9-17(29)26-19-18(15)21(31)28-22(27-19)32-10-12-3-6-13(23)7-4-12/h2-8,15H,9-10H2,1H3,(H,25,30)(H2,26,27,28,29,31)/t15-/m1/s1. The average Bonchev–Trinajstić information content (AvgIpc) is 2.75. The molecule has 0 fully saturated rings. The number of aromatic nitrogens is 2. The highest BCUT2D eigenvalue weighted by Crippen LogP contribution is 2.31. The summed E-state index contributed by atoms with van der Waals surface area (Å²) >= 11 is 1.20. The molecule has 1 aromatic heterocycles. The van der Waals surface area contributed by atoms with Gasteiger partial charge in [0.05, 0.1) is 11.5 Å². The summed E-state index contributed by atoms with van der Waals surface area (Å²) < 4.78 is 26.6. The second-order valence-electron chi connectivity index (χ2n) is 7.30. The third-order valence-corrected chi connectivity index (χ3v) is 5.94. The van der Waals surface area contributed by atoms with E-state index in [0.717, 1.165) is 5.56 Å². The number of carbonyl (C=O) groups excluding carboxylic acids is 2. The Hall–Kier alpha value is -3.53. The van der Waals surface area contributed by atoms with Crippen molar-refractivity contribution in [2.45, 2.75) is 30.2 Å². The summed E-state index contributed by atoms with van der Waals surface area (Å²) in [7, 11) is 0. The highest BCUT2D eigenvalue weighted by Gasteiger charge is 2.35. The molecule has 0 radical (unpaired) electrons. The van der Waals surface area contributed by atoms with Crippen LogP contribution in [0.4, 0.5) is 20.3 Å². The number of amides is 2. The van der Waals surface area contributed by atoms with Gasteiger partial charge in [0, 0.05) is 17.9 Å². The van der Waals surface area contributed by atoms with E-state index in [2.05, 4.69) is 20.6 Å². The number of rotatable bonds is 5. The quantitative estimate of drug-likeness (QED) is 0.401. The van der Waals surface area contributed by atoms with Crippen molar-refractivity contribution in [3.63, 3.8) is 0 Å². The maximum absolute atomic E-state index is 13.6. The highest BCUT2D eigenvalue weighted by atomic mass is 32.2. The molecule has 0 aliphatic carbocycles. The lowest BCUT2D eigenvalue weighted by molar-refractivity contribution is -0.123. The third kappa shape index (κ3) is 4.70. The first kappa shape index (κ1) is 21.7. The van der Waals surface area contributed by atoms with Crippen LogP contribution in [0, 0.1) is 18.6 Å². The highest BCUT2D eigenvalue weighted by molar-refractivity contribution is 7.98. The fraction of sp³-hybridized carbons (Fsp3) is 0.182. The van der Waals surface area contributed by atoms with Crippen LogP contribution in [-0.2, 0) is 15.3 Å². The van der Waals surface area contributed by atoms with Gasteiger partial charge >= 0.3 is 0 Å². The van der Waals surface area contributed by atoms with E-state index in [1.54, 1.807) is 19.1 Å².